The molecular weight excluding hydrogens is 212 g/mol. The summed E-state index contributed by atoms with van der Waals surface area (Å²) in [7, 11) is 0. The van der Waals surface area contributed by atoms with E-state index in [0.29, 0.717) is 18.6 Å². The lowest BCUT2D eigenvalue weighted by Gasteiger charge is -2.43. The van der Waals surface area contributed by atoms with Crippen LogP contribution in [0, 0.1) is 5.41 Å². The lowest BCUT2D eigenvalue weighted by atomic mass is 9.63. The van der Waals surface area contributed by atoms with E-state index in [2.05, 4.69) is 0 Å². The Balaban J connectivity index is 2.17. The molecule has 2 aliphatic heterocycles. The van der Waals surface area contributed by atoms with Gasteiger partial charge in [0, 0.05) is 11.0 Å². The minimum atomic E-state index is -1.16. The molecule has 0 aromatic heterocycles. The lowest BCUT2D eigenvalue weighted by molar-refractivity contribution is -0.137. The topological polar surface area (TPSA) is 76.0 Å². The highest BCUT2D eigenvalue weighted by Gasteiger charge is 2.61. The molecule has 0 aromatic carbocycles. The first-order valence-electron chi connectivity index (χ1n) is 5.37. The van der Waals surface area contributed by atoms with Crippen LogP contribution in [0.2, 0.25) is 0 Å². The average Bonchev–Trinajstić information content (AvgIpc) is 2.70. The number of carbonyl (C=O) groups excluding carboxylic acids is 1. The van der Waals surface area contributed by atoms with Crippen molar-refractivity contribution in [1.29, 1.82) is 0 Å². The van der Waals surface area contributed by atoms with Crippen LogP contribution in [0.1, 0.15) is 13.3 Å². The molecule has 3 rings (SSSR count). The molecule has 88 valence electrons. The van der Waals surface area contributed by atoms with E-state index in [9.17, 15) is 15.0 Å². The Morgan fingerprint density at radius 1 is 1.44 bits per heavy atom. The third-order valence-corrected chi connectivity index (χ3v) is 4.10. The molecule has 0 amide bonds. The van der Waals surface area contributed by atoms with Crippen LogP contribution in [0.3, 0.4) is 0 Å². The van der Waals surface area contributed by atoms with Gasteiger partial charge < -0.3 is 19.7 Å². The van der Waals surface area contributed by atoms with Gasteiger partial charge in [-0.2, -0.15) is 0 Å². The van der Waals surface area contributed by atoms with E-state index in [1.165, 1.54) is 0 Å². The highest BCUT2D eigenvalue weighted by atomic mass is 16.5. The number of fused-ring (bicyclic) bond motifs is 2. The van der Waals surface area contributed by atoms with Gasteiger partial charge in [-0.15, -0.1) is 0 Å². The summed E-state index contributed by atoms with van der Waals surface area (Å²) in [6, 6.07) is 0. The number of aliphatic hydroxyl groups excluding tert-OH is 1. The second kappa shape index (κ2) is 2.85. The SMILES string of the molecule is C[C@]12COC[C@]1(O)C1=C(C(=O)OC1)[C@@H](O)C2. The van der Waals surface area contributed by atoms with Crippen molar-refractivity contribution in [2.24, 2.45) is 5.41 Å². The summed E-state index contributed by atoms with van der Waals surface area (Å²) < 4.78 is 10.2. The molecule has 0 aromatic rings. The van der Waals surface area contributed by atoms with Crippen molar-refractivity contribution in [3.63, 3.8) is 0 Å². The van der Waals surface area contributed by atoms with Gasteiger partial charge in [-0.1, -0.05) is 6.92 Å². The molecule has 1 fully saturated rings. The highest BCUT2D eigenvalue weighted by Crippen LogP contribution is 2.52. The fourth-order valence-corrected chi connectivity index (χ4v) is 3.02. The van der Waals surface area contributed by atoms with Crippen LogP contribution in [-0.4, -0.2) is 47.7 Å². The van der Waals surface area contributed by atoms with Crippen molar-refractivity contribution in [1.82, 2.24) is 0 Å². The minimum Gasteiger partial charge on any atom is -0.458 e. The average molecular weight is 226 g/mol. The number of hydrogen-bond donors (Lipinski definition) is 2. The summed E-state index contributed by atoms with van der Waals surface area (Å²) in [5.74, 6) is -0.509. The Bertz CT molecular complexity index is 401. The zero-order valence-corrected chi connectivity index (χ0v) is 9.02. The van der Waals surface area contributed by atoms with E-state index < -0.39 is 23.1 Å². The van der Waals surface area contributed by atoms with Gasteiger partial charge in [0.1, 0.15) is 12.2 Å². The summed E-state index contributed by atoms with van der Waals surface area (Å²) in [5.41, 5.74) is -0.936. The van der Waals surface area contributed by atoms with Crippen molar-refractivity contribution < 1.29 is 24.5 Å². The van der Waals surface area contributed by atoms with E-state index >= 15 is 0 Å². The normalized spacial score (nSPS) is 46.7. The summed E-state index contributed by atoms with van der Waals surface area (Å²) in [4.78, 5) is 11.5. The molecule has 3 aliphatic rings. The smallest absolute Gasteiger partial charge is 0.337 e. The standard InChI is InChI=1S/C11H14O5/c1-10-2-7(12)8-6(3-16-9(8)13)11(10,14)5-15-4-10/h7,12,14H,2-5H2,1H3/t7-,10-,11-/m0/s1. The van der Waals surface area contributed by atoms with Crippen LogP contribution >= 0.6 is 0 Å². The third kappa shape index (κ3) is 0.984. The zero-order chi connectivity index (χ0) is 11.6. The first kappa shape index (κ1) is 10.3. The van der Waals surface area contributed by atoms with Crippen LogP contribution in [0.15, 0.2) is 11.1 Å². The van der Waals surface area contributed by atoms with Gasteiger partial charge in [-0.3, -0.25) is 0 Å². The molecule has 16 heavy (non-hydrogen) atoms. The van der Waals surface area contributed by atoms with Crippen molar-refractivity contribution >= 4 is 5.97 Å². The second-order valence-corrected chi connectivity index (χ2v) is 5.10. The lowest BCUT2D eigenvalue weighted by Crippen LogP contribution is -2.53. The zero-order valence-electron chi connectivity index (χ0n) is 9.02. The van der Waals surface area contributed by atoms with E-state index in [4.69, 9.17) is 9.47 Å². The molecule has 5 nitrogen and oxygen atoms in total. The Labute approximate surface area is 92.7 Å². The van der Waals surface area contributed by atoms with Crippen LogP contribution in [0.5, 0.6) is 0 Å². The highest BCUT2D eigenvalue weighted by molar-refractivity contribution is 5.94. The van der Waals surface area contributed by atoms with Gasteiger partial charge in [0.25, 0.3) is 0 Å². The van der Waals surface area contributed by atoms with Crippen LogP contribution in [0.25, 0.3) is 0 Å². The van der Waals surface area contributed by atoms with Gasteiger partial charge in [-0.05, 0) is 6.42 Å². The minimum absolute atomic E-state index is 0.0701. The summed E-state index contributed by atoms with van der Waals surface area (Å²) >= 11 is 0. The maximum Gasteiger partial charge on any atom is 0.337 e. The Hall–Kier alpha value is -0.910. The number of hydrogen-bond acceptors (Lipinski definition) is 5. The largest absolute Gasteiger partial charge is 0.458 e. The van der Waals surface area contributed by atoms with Gasteiger partial charge in [0.15, 0.2) is 0 Å². The number of cyclic esters (lactones) is 1. The quantitative estimate of drug-likeness (QED) is 0.538. The Morgan fingerprint density at radius 3 is 2.94 bits per heavy atom. The van der Waals surface area contributed by atoms with E-state index in [1.807, 2.05) is 6.92 Å². The molecule has 5 heteroatoms. The fourth-order valence-electron chi connectivity index (χ4n) is 3.02. The molecule has 0 unspecified atom stereocenters. The Morgan fingerprint density at radius 2 is 2.19 bits per heavy atom. The number of carbonyl (C=O) groups is 1. The van der Waals surface area contributed by atoms with Crippen LogP contribution in [0.4, 0.5) is 0 Å². The monoisotopic (exact) mass is 226 g/mol. The number of rotatable bonds is 0. The maximum atomic E-state index is 11.5. The molecule has 0 radical (unpaired) electrons. The van der Waals surface area contributed by atoms with E-state index in [-0.39, 0.29) is 18.8 Å². The number of ether oxygens (including phenoxy) is 2. The number of esters is 1. The predicted molar refractivity (Wildman–Crippen MR) is 52.5 cm³/mol. The summed E-state index contributed by atoms with van der Waals surface area (Å²) in [6.07, 6.45) is -0.519. The van der Waals surface area contributed by atoms with Gasteiger partial charge in [0.05, 0.1) is 24.9 Å². The molecule has 1 aliphatic carbocycles. The fraction of sp³-hybridized carbons (Fsp3) is 0.727. The third-order valence-electron chi connectivity index (χ3n) is 4.10. The Kier molecular flexibility index (Phi) is 1.83. The van der Waals surface area contributed by atoms with Crippen molar-refractivity contribution in [2.45, 2.75) is 25.0 Å². The van der Waals surface area contributed by atoms with Crippen molar-refractivity contribution in [3.8, 4) is 0 Å². The molecule has 0 saturated carbocycles. The van der Waals surface area contributed by atoms with Gasteiger partial charge >= 0.3 is 5.97 Å². The van der Waals surface area contributed by atoms with Gasteiger partial charge in [0.2, 0.25) is 0 Å². The first-order chi connectivity index (χ1) is 7.48. The van der Waals surface area contributed by atoms with Crippen molar-refractivity contribution in [2.75, 3.05) is 19.8 Å². The number of aliphatic hydroxyl groups is 2. The summed E-state index contributed by atoms with van der Waals surface area (Å²) in [6.45, 7) is 2.51. The molecule has 0 spiro atoms. The second-order valence-electron chi connectivity index (χ2n) is 5.10. The maximum absolute atomic E-state index is 11.5. The molecule has 0 bridgehead atoms. The molecular formula is C11H14O5. The molecule has 2 N–H and O–H groups in total. The predicted octanol–water partition coefficient (Wildman–Crippen LogP) is -0.628. The molecule has 2 heterocycles. The van der Waals surface area contributed by atoms with E-state index in [1.54, 1.807) is 0 Å². The first-order valence-corrected chi connectivity index (χ1v) is 5.37. The summed E-state index contributed by atoms with van der Waals surface area (Å²) in [5, 5.41) is 20.6. The van der Waals surface area contributed by atoms with Crippen LogP contribution < -0.4 is 0 Å². The van der Waals surface area contributed by atoms with Crippen LogP contribution in [-0.2, 0) is 14.3 Å². The molecule has 3 atom stereocenters. The van der Waals surface area contributed by atoms with Gasteiger partial charge in [-0.25, -0.2) is 4.79 Å². The van der Waals surface area contributed by atoms with E-state index in [0.717, 1.165) is 0 Å². The van der Waals surface area contributed by atoms with Crippen molar-refractivity contribution in [3.05, 3.63) is 11.1 Å². The molecule has 1 saturated heterocycles.